The molecule has 0 radical (unpaired) electrons. The van der Waals surface area contributed by atoms with E-state index in [0.29, 0.717) is 6.04 Å². The number of rotatable bonds is 4. The molecule has 102 valence electrons. The number of aryl methyl sites for hydroxylation is 1. The van der Waals surface area contributed by atoms with Gasteiger partial charge in [-0.2, -0.15) is 0 Å². The minimum absolute atomic E-state index is 0.311. The van der Waals surface area contributed by atoms with Gasteiger partial charge in [0.15, 0.2) is 0 Å². The first-order valence-corrected chi connectivity index (χ1v) is 7.77. The lowest BCUT2D eigenvalue weighted by Gasteiger charge is -2.15. The Hall–Kier alpha value is -1.87. The van der Waals surface area contributed by atoms with Crippen molar-refractivity contribution in [3.05, 3.63) is 58.5 Å². The lowest BCUT2D eigenvalue weighted by Crippen LogP contribution is -2.05. The highest BCUT2D eigenvalue weighted by Gasteiger charge is 2.09. The van der Waals surface area contributed by atoms with Crippen LogP contribution < -0.4 is 5.32 Å². The Morgan fingerprint density at radius 3 is 2.90 bits per heavy atom. The number of hydrogen-bond donors (Lipinski definition) is 1. The van der Waals surface area contributed by atoms with Crippen LogP contribution in [-0.2, 0) is 6.42 Å². The van der Waals surface area contributed by atoms with Crippen molar-refractivity contribution in [1.82, 2.24) is 4.98 Å². The van der Waals surface area contributed by atoms with Crippen molar-refractivity contribution >= 4 is 27.8 Å². The van der Waals surface area contributed by atoms with E-state index < -0.39 is 0 Å². The molecule has 3 heteroatoms. The maximum Gasteiger partial charge on any atom is 0.0578 e. The van der Waals surface area contributed by atoms with Crippen LogP contribution in [0.1, 0.15) is 29.6 Å². The van der Waals surface area contributed by atoms with E-state index in [-0.39, 0.29) is 0 Å². The first-order chi connectivity index (χ1) is 9.78. The van der Waals surface area contributed by atoms with E-state index in [0.717, 1.165) is 12.1 Å². The molecule has 1 atom stereocenters. The molecule has 0 saturated carbocycles. The molecule has 1 aromatic carbocycles. The molecule has 2 heterocycles. The van der Waals surface area contributed by atoms with Crippen molar-refractivity contribution in [2.24, 2.45) is 0 Å². The molecule has 0 bridgehead atoms. The zero-order chi connectivity index (χ0) is 13.9. The Morgan fingerprint density at radius 1 is 1.20 bits per heavy atom. The number of nitrogens with zero attached hydrogens (tertiary/aromatic N) is 1. The van der Waals surface area contributed by atoms with Gasteiger partial charge in [-0.1, -0.05) is 19.1 Å². The van der Waals surface area contributed by atoms with Gasteiger partial charge in [0.05, 0.1) is 6.04 Å². The van der Waals surface area contributed by atoms with Crippen LogP contribution >= 0.6 is 11.3 Å². The highest BCUT2D eigenvalue weighted by Crippen LogP contribution is 2.29. The number of nitrogens with one attached hydrogen (secondary N) is 1. The Bertz CT molecular complexity index is 712. The predicted octanol–water partition coefficient (Wildman–Crippen LogP) is 5.03. The van der Waals surface area contributed by atoms with Crippen LogP contribution in [0.3, 0.4) is 0 Å². The second-order valence-electron chi connectivity index (χ2n) is 4.93. The number of aromatic nitrogens is 1. The average molecular weight is 282 g/mol. The molecule has 3 rings (SSSR count). The van der Waals surface area contributed by atoms with Crippen LogP contribution in [0.25, 0.3) is 10.8 Å². The van der Waals surface area contributed by atoms with Crippen LogP contribution in [0.5, 0.6) is 0 Å². The van der Waals surface area contributed by atoms with Gasteiger partial charge in [0.1, 0.15) is 0 Å². The molecule has 0 spiro atoms. The molecule has 2 nitrogen and oxygen atoms in total. The first kappa shape index (κ1) is 13.1. The van der Waals surface area contributed by atoms with Crippen LogP contribution in [0.4, 0.5) is 5.69 Å². The minimum Gasteiger partial charge on any atom is -0.377 e. The van der Waals surface area contributed by atoms with Crippen molar-refractivity contribution in [2.45, 2.75) is 26.3 Å². The second kappa shape index (κ2) is 5.63. The summed E-state index contributed by atoms with van der Waals surface area (Å²) in [7, 11) is 0. The largest absolute Gasteiger partial charge is 0.377 e. The molecule has 2 aromatic heterocycles. The Morgan fingerprint density at radius 2 is 2.10 bits per heavy atom. The van der Waals surface area contributed by atoms with E-state index in [1.54, 1.807) is 0 Å². The molecule has 0 fully saturated rings. The average Bonchev–Trinajstić information content (AvgIpc) is 2.97. The maximum absolute atomic E-state index is 4.23. The Balaban J connectivity index is 1.89. The molecule has 0 aliphatic heterocycles. The van der Waals surface area contributed by atoms with E-state index in [4.69, 9.17) is 0 Å². The second-order valence-corrected chi connectivity index (χ2v) is 6.13. The number of benzene rings is 1. The first-order valence-electron chi connectivity index (χ1n) is 6.96. The normalized spacial score (nSPS) is 12.5. The number of hydrogen-bond acceptors (Lipinski definition) is 3. The standard InChI is InChI=1S/C17H18N2S/c1-3-14-7-8-17(20-14)12(2)19-16-6-4-5-13-9-10-18-11-15(13)16/h4-12,19H,3H2,1-2H3. The summed E-state index contributed by atoms with van der Waals surface area (Å²) < 4.78 is 0. The van der Waals surface area contributed by atoms with Crippen molar-refractivity contribution in [3.8, 4) is 0 Å². The molecular formula is C17H18N2S. The van der Waals surface area contributed by atoms with E-state index >= 15 is 0 Å². The third-order valence-electron chi connectivity index (χ3n) is 3.51. The molecule has 0 saturated heterocycles. The summed E-state index contributed by atoms with van der Waals surface area (Å²) in [4.78, 5) is 7.05. The topological polar surface area (TPSA) is 24.9 Å². The molecule has 3 aromatic rings. The van der Waals surface area contributed by atoms with Crippen molar-refractivity contribution in [2.75, 3.05) is 5.32 Å². The van der Waals surface area contributed by atoms with E-state index in [2.05, 4.69) is 54.5 Å². The summed E-state index contributed by atoms with van der Waals surface area (Å²) in [5.74, 6) is 0. The molecular weight excluding hydrogens is 264 g/mol. The Kier molecular flexibility index (Phi) is 3.70. The zero-order valence-corrected chi connectivity index (χ0v) is 12.6. The van der Waals surface area contributed by atoms with E-state index in [9.17, 15) is 0 Å². The molecule has 1 N–H and O–H groups in total. The number of fused-ring (bicyclic) bond motifs is 1. The molecule has 0 aliphatic rings. The molecule has 0 aliphatic carbocycles. The Labute approximate surface area is 123 Å². The zero-order valence-electron chi connectivity index (χ0n) is 11.8. The van der Waals surface area contributed by atoms with Gasteiger partial charge in [0.25, 0.3) is 0 Å². The lowest BCUT2D eigenvalue weighted by atomic mass is 10.1. The fourth-order valence-corrected chi connectivity index (χ4v) is 3.32. The summed E-state index contributed by atoms with van der Waals surface area (Å²) >= 11 is 1.89. The van der Waals surface area contributed by atoms with Crippen molar-refractivity contribution < 1.29 is 0 Å². The van der Waals surface area contributed by atoms with Gasteiger partial charge in [-0.05, 0) is 43.0 Å². The van der Waals surface area contributed by atoms with E-state index in [1.807, 2.05) is 29.8 Å². The SMILES string of the molecule is CCc1ccc(C(C)Nc2cccc3ccncc23)s1. The van der Waals surface area contributed by atoms with Crippen molar-refractivity contribution in [1.29, 1.82) is 0 Å². The monoisotopic (exact) mass is 282 g/mol. The predicted molar refractivity (Wildman–Crippen MR) is 87.5 cm³/mol. The van der Waals surface area contributed by atoms with Crippen LogP contribution in [0.2, 0.25) is 0 Å². The molecule has 1 unspecified atom stereocenters. The number of anilines is 1. The number of thiophene rings is 1. The summed E-state index contributed by atoms with van der Waals surface area (Å²) in [6.07, 6.45) is 4.87. The van der Waals surface area contributed by atoms with Crippen LogP contribution in [-0.4, -0.2) is 4.98 Å². The van der Waals surface area contributed by atoms with Gasteiger partial charge < -0.3 is 5.32 Å². The number of pyridine rings is 1. The summed E-state index contributed by atoms with van der Waals surface area (Å²) in [5.41, 5.74) is 1.15. The summed E-state index contributed by atoms with van der Waals surface area (Å²) in [6, 6.07) is 13.1. The highest BCUT2D eigenvalue weighted by molar-refractivity contribution is 7.12. The molecule has 20 heavy (non-hydrogen) atoms. The van der Waals surface area contributed by atoms with Gasteiger partial charge >= 0.3 is 0 Å². The lowest BCUT2D eigenvalue weighted by molar-refractivity contribution is 0.910. The third-order valence-corrected chi connectivity index (χ3v) is 4.93. The van der Waals surface area contributed by atoms with Gasteiger partial charge in [-0.15, -0.1) is 11.3 Å². The summed E-state index contributed by atoms with van der Waals surface area (Å²) in [6.45, 7) is 4.41. The maximum atomic E-state index is 4.23. The van der Waals surface area contributed by atoms with Crippen LogP contribution in [0, 0.1) is 0 Å². The van der Waals surface area contributed by atoms with Gasteiger partial charge in [-0.3, -0.25) is 4.98 Å². The van der Waals surface area contributed by atoms with E-state index in [1.165, 1.54) is 20.5 Å². The minimum atomic E-state index is 0.311. The molecule has 0 amide bonds. The third kappa shape index (κ3) is 2.54. The smallest absolute Gasteiger partial charge is 0.0578 e. The van der Waals surface area contributed by atoms with Gasteiger partial charge in [0, 0.05) is 33.2 Å². The van der Waals surface area contributed by atoms with Gasteiger partial charge in [0.2, 0.25) is 0 Å². The highest BCUT2D eigenvalue weighted by atomic mass is 32.1. The quantitative estimate of drug-likeness (QED) is 0.725. The van der Waals surface area contributed by atoms with Gasteiger partial charge in [-0.25, -0.2) is 0 Å². The van der Waals surface area contributed by atoms with Crippen LogP contribution in [0.15, 0.2) is 48.8 Å². The summed E-state index contributed by atoms with van der Waals surface area (Å²) in [5, 5.41) is 6.00. The fourth-order valence-electron chi connectivity index (χ4n) is 2.36. The van der Waals surface area contributed by atoms with Crippen molar-refractivity contribution in [3.63, 3.8) is 0 Å². The fraction of sp³-hybridized carbons (Fsp3) is 0.235.